The lowest BCUT2D eigenvalue weighted by Crippen LogP contribution is -2.48. The number of nitrogens with zero attached hydrogens (tertiary/aromatic N) is 2. The highest BCUT2D eigenvalue weighted by molar-refractivity contribution is 7.10. The number of thiophene rings is 1. The second-order valence-corrected chi connectivity index (χ2v) is 9.07. The molecule has 4 rings (SSSR count). The van der Waals surface area contributed by atoms with Crippen LogP contribution in [0.1, 0.15) is 32.4 Å². The highest BCUT2D eigenvalue weighted by atomic mass is 32.1. The molecule has 0 N–H and O–H groups in total. The third-order valence-corrected chi connectivity index (χ3v) is 6.90. The molecule has 3 aromatic rings. The first-order chi connectivity index (χ1) is 16.1. The zero-order valence-electron chi connectivity index (χ0n) is 18.8. The topological polar surface area (TPSA) is 49.9 Å². The van der Waals surface area contributed by atoms with E-state index in [0.717, 1.165) is 23.3 Å². The van der Waals surface area contributed by atoms with Crippen molar-refractivity contribution in [3.8, 4) is 5.75 Å². The van der Waals surface area contributed by atoms with E-state index in [0.29, 0.717) is 25.3 Å². The third-order valence-electron chi connectivity index (χ3n) is 5.90. The van der Waals surface area contributed by atoms with E-state index in [9.17, 15) is 9.59 Å². The van der Waals surface area contributed by atoms with Gasteiger partial charge in [0.2, 0.25) is 5.91 Å². The van der Waals surface area contributed by atoms with E-state index in [2.05, 4.69) is 18.0 Å². The van der Waals surface area contributed by atoms with Gasteiger partial charge in [0.15, 0.2) is 0 Å². The molecule has 0 radical (unpaired) electrons. The number of hydrogen-bond acceptors (Lipinski definition) is 4. The minimum Gasteiger partial charge on any atom is -0.491 e. The zero-order valence-corrected chi connectivity index (χ0v) is 19.6. The molecule has 0 saturated carbocycles. The molecule has 33 heavy (non-hydrogen) atoms. The number of benzene rings is 2. The lowest BCUT2D eigenvalue weighted by molar-refractivity contribution is -0.135. The predicted octanol–water partition coefficient (Wildman–Crippen LogP) is 4.89. The Morgan fingerprint density at radius 2 is 1.91 bits per heavy atom. The van der Waals surface area contributed by atoms with Crippen molar-refractivity contribution in [1.29, 1.82) is 0 Å². The van der Waals surface area contributed by atoms with Crippen LogP contribution in [0.15, 0.2) is 78.7 Å². The summed E-state index contributed by atoms with van der Waals surface area (Å²) in [5, 5.41) is 2.07. The second kappa shape index (κ2) is 10.5. The van der Waals surface area contributed by atoms with Gasteiger partial charge in [-0.1, -0.05) is 42.5 Å². The Morgan fingerprint density at radius 3 is 2.67 bits per heavy atom. The van der Waals surface area contributed by atoms with E-state index >= 15 is 0 Å². The van der Waals surface area contributed by atoms with Crippen LogP contribution < -0.4 is 4.74 Å². The largest absolute Gasteiger partial charge is 0.491 e. The molecule has 0 saturated heterocycles. The van der Waals surface area contributed by atoms with Gasteiger partial charge in [-0.25, -0.2) is 0 Å². The molecule has 1 aromatic heterocycles. The summed E-state index contributed by atoms with van der Waals surface area (Å²) in [6, 6.07) is 19.0. The molecule has 0 fully saturated rings. The quantitative estimate of drug-likeness (QED) is 0.450. The number of carbonyl (C=O) groups excluding carboxylic acids is 2. The number of fused-ring (bicyclic) bond motifs is 1. The normalized spacial score (nSPS) is 14.9. The Balaban J connectivity index is 1.53. The molecule has 0 spiro atoms. The van der Waals surface area contributed by atoms with E-state index in [4.69, 9.17) is 4.74 Å². The van der Waals surface area contributed by atoms with E-state index in [1.165, 1.54) is 4.88 Å². The Hall–Kier alpha value is -3.38. The molecule has 6 heteroatoms. The summed E-state index contributed by atoms with van der Waals surface area (Å²) in [4.78, 5) is 31.4. The van der Waals surface area contributed by atoms with Gasteiger partial charge >= 0.3 is 0 Å². The molecule has 1 atom stereocenters. The van der Waals surface area contributed by atoms with Crippen molar-refractivity contribution in [3.05, 3.63) is 100 Å². The average Bonchev–Trinajstić information content (AvgIpc) is 3.32. The van der Waals surface area contributed by atoms with Crippen molar-refractivity contribution in [3.63, 3.8) is 0 Å². The van der Waals surface area contributed by atoms with Crippen LogP contribution in [0, 0.1) is 6.92 Å². The minimum absolute atomic E-state index is 0.000491. The molecule has 170 valence electrons. The SMILES string of the molecule is C=CCN(CC(=O)N1CCc2sccc2[C@@H]1COc1ccccc1)C(=O)c1ccccc1C. The first-order valence-electron chi connectivity index (χ1n) is 11.1. The number of ether oxygens (including phenoxy) is 1. The first-order valence-corrected chi connectivity index (χ1v) is 12.0. The lowest BCUT2D eigenvalue weighted by atomic mass is 10.00. The molecule has 1 aliphatic heterocycles. The van der Waals surface area contributed by atoms with Crippen LogP contribution in [0.4, 0.5) is 0 Å². The van der Waals surface area contributed by atoms with Crippen molar-refractivity contribution in [2.75, 3.05) is 26.2 Å². The molecule has 0 aliphatic carbocycles. The number of carbonyl (C=O) groups is 2. The Kier molecular flexibility index (Phi) is 7.25. The van der Waals surface area contributed by atoms with Gasteiger partial charge in [0.1, 0.15) is 18.9 Å². The van der Waals surface area contributed by atoms with Gasteiger partial charge in [-0.2, -0.15) is 0 Å². The summed E-state index contributed by atoms with van der Waals surface area (Å²) in [5.41, 5.74) is 2.63. The number of amides is 2. The van der Waals surface area contributed by atoms with Crippen LogP contribution in [0.5, 0.6) is 5.75 Å². The maximum Gasteiger partial charge on any atom is 0.254 e. The Bertz CT molecular complexity index is 1130. The summed E-state index contributed by atoms with van der Waals surface area (Å²) in [5.74, 6) is 0.527. The molecule has 0 unspecified atom stereocenters. The fraction of sp³-hybridized carbons (Fsp3) is 0.259. The van der Waals surface area contributed by atoms with Crippen LogP contribution in [0.25, 0.3) is 0 Å². The number of aryl methyl sites for hydroxylation is 1. The van der Waals surface area contributed by atoms with Crippen LogP contribution in [0.2, 0.25) is 0 Å². The standard InChI is InChI=1S/C27H28N2O3S/c1-3-15-28(27(31)22-12-8-7-9-20(22)2)18-26(30)29-16-13-25-23(14-17-33-25)24(29)19-32-21-10-5-4-6-11-21/h3-12,14,17,24H,1,13,15-16,18-19H2,2H3/t24-/m0/s1. The monoisotopic (exact) mass is 460 g/mol. The Labute approximate surface area is 198 Å². The summed E-state index contributed by atoms with van der Waals surface area (Å²) in [7, 11) is 0. The number of hydrogen-bond donors (Lipinski definition) is 0. The van der Waals surface area contributed by atoms with E-state index in [-0.39, 0.29) is 24.4 Å². The van der Waals surface area contributed by atoms with Crippen LogP contribution >= 0.6 is 11.3 Å². The molecule has 5 nitrogen and oxygen atoms in total. The molecule has 2 amide bonds. The van der Waals surface area contributed by atoms with Gasteiger partial charge in [0.25, 0.3) is 5.91 Å². The third kappa shape index (κ3) is 5.17. The fourth-order valence-electron chi connectivity index (χ4n) is 4.18. The van der Waals surface area contributed by atoms with Crippen LogP contribution in [-0.2, 0) is 11.2 Å². The molecular weight excluding hydrogens is 432 g/mol. The van der Waals surface area contributed by atoms with E-state index in [1.54, 1.807) is 28.4 Å². The lowest BCUT2D eigenvalue weighted by Gasteiger charge is -2.37. The number of para-hydroxylation sites is 1. The van der Waals surface area contributed by atoms with Gasteiger partial charge in [0, 0.05) is 23.5 Å². The highest BCUT2D eigenvalue weighted by Crippen LogP contribution is 2.34. The average molecular weight is 461 g/mol. The van der Waals surface area contributed by atoms with Crippen molar-refractivity contribution >= 4 is 23.2 Å². The molecule has 0 bridgehead atoms. The van der Waals surface area contributed by atoms with Crippen LogP contribution in [0.3, 0.4) is 0 Å². The highest BCUT2D eigenvalue weighted by Gasteiger charge is 2.33. The van der Waals surface area contributed by atoms with Gasteiger partial charge in [0.05, 0.1) is 6.04 Å². The van der Waals surface area contributed by atoms with E-state index < -0.39 is 0 Å². The zero-order chi connectivity index (χ0) is 23.2. The fourth-order valence-corrected chi connectivity index (χ4v) is 5.11. The molecule has 2 aromatic carbocycles. The second-order valence-electron chi connectivity index (χ2n) is 8.07. The van der Waals surface area contributed by atoms with Crippen molar-refractivity contribution < 1.29 is 14.3 Å². The van der Waals surface area contributed by atoms with Gasteiger partial charge in [-0.3, -0.25) is 9.59 Å². The summed E-state index contributed by atoms with van der Waals surface area (Å²) in [6.45, 7) is 6.97. The van der Waals surface area contributed by atoms with Crippen LogP contribution in [-0.4, -0.2) is 47.9 Å². The number of rotatable bonds is 8. The molecule has 1 aliphatic rings. The maximum absolute atomic E-state index is 13.5. The summed E-state index contributed by atoms with van der Waals surface area (Å²) < 4.78 is 6.05. The van der Waals surface area contributed by atoms with Crippen molar-refractivity contribution in [2.45, 2.75) is 19.4 Å². The van der Waals surface area contributed by atoms with Crippen molar-refractivity contribution in [2.24, 2.45) is 0 Å². The molecular formula is C27H28N2O3S. The predicted molar refractivity (Wildman–Crippen MR) is 132 cm³/mol. The van der Waals surface area contributed by atoms with Gasteiger partial charge in [-0.15, -0.1) is 17.9 Å². The minimum atomic E-state index is -0.188. The smallest absolute Gasteiger partial charge is 0.254 e. The van der Waals surface area contributed by atoms with E-state index in [1.807, 2.05) is 60.4 Å². The van der Waals surface area contributed by atoms with Gasteiger partial charge < -0.3 is 14.5 Å². The summed E-state index contributed by atoms with van der Waals surface area (Å²) in [6.07, 6.45) is 2.47. The first kappa shape index (κ1) is 22.8. The maximum atomic E-state index is 13.5. The Morgan fingerprint density at radius 1 is 1.15 bits per heavy atom. The van der Waals surface area contributed by atoms with Gasteiger partial charge in [-0.05, 0) is 54.1 Å². The van der Waals surface area contributed by atoms with Crippen molar-refractivity contribution in [1.82, 2.24) is 9.80 Å². The summed E-state index contributed by atoms with van der Waals surface area (Å²) >= 11 is 1.72. The molecule has 2 heterocycles.